The Morgan fingerprint density at radius 2 is 1.49 bits per heavy atom. The molecule has 3 aromatic rings. The molecule has 1 atom stereocenters. The third kappa shape index (κ3) is 8.07. The number of sulfonamides is 1. The molecule has 0 aliphatic rings. The van der Waals surface area contributed by atoms with Crippen LogP contribution >= 0.6 is 0 Å². The van der Waals surface area contributed by atoms with Crippen molar-refractivity contribution in [2.75, 3.05) is 10.5 Å². The van der Waals surface area contributed by atoms with E-state index in [1.807, 2.05) is 61.5 Å². The predicted octanol–water partition coefficient (Wildman–Crippen LogP) is 5.80. The lowest BCUT2D eigenvalue weighted by molar-refractivity contribution is -0.141. The maximum atomic E-state index is 12.7. The zero-order chi connectivity index (χ0) is 25.3. The van der Waals surface area contributed by atoms with E-state index in [9.17, 15) is 23.1 Å². The van der Waals surface area contributed by atoms with Crippen LogP contribution in [0.1, 0.15) is 48.5 Å². The second kappa shape index (κ2) is 12.3. The molecule has 7 heteroatoms. The number of hydrogen-bond acceptors (Lipinski definition) is 4. The lowest BCUT2D eigenvalue weighted by atomic mass is 9.92. The first-order valence-corrected chi connectivity index (χ1v) is 13.4. The van der Waals surface area contributed by atoms with Crippen molar-refractivity contribution in [3.8, 4) is 11.1 Å². The predicted molar refractivity (Wildman–Crippen MR) is 139 cm³/mol. The molecular weight excluding hydrogens is 462 g/mol. The molecule has 0 saturated carbocycles. The molecule has 0 aliphatic heterocycles. The Kier molecular flexibility index (Phi) is 9.20. The van der Waals surface area contributed by atoms with E-state index in [1.54, 1.807) is 24.3 Å². The molecule has 0 amide bonds. The summed E-state index contributed by atoms with van der Waals surface area (Å²) in [4.78, 5) is 24.4. The first-order chi connectivity index (χ1) is 16.8. The summed E-state index contributed by atoms with van der Waals surface area (Å²) in [6.07, 6.45) is 2.38. The Balaban J connectivity index is 1.61. The summed E-state index contributed by atoms with van der Waals surface area (Å²) in [5.74, 6) is -1.81. The minimum absolute atomic E-state index is 0.0472. The van der Waals surface area contributed by atoms with E-state index in [1.165, 1.54) is 0 Å². The average Bonchev–Trinajstić information content (AvgIpc) is 2.86. The zero-order valence-corrected chi connectivity index (χ0v) is 20.6. The molecule has 3 rings (SSSR count). The Labute approximate surface area is 207 Å². The van der Waals surface area contributed by atoms with Crippen LogP contribution in [0, 0.1) is 5.92 Å². The summed E-state index contributed by atoms with van der Waals surface area (Å²) in [7, 11) is -3.36. The number of carboxylic acid groups (broad SMARTS) is 1. The van der Waals surface area contributed by atoms with Crippen LogP contribution in [0.25, 0.3) is 11.1 Å². The smallest absolute Gasteiger partial charge is 0.306 e. The van der Waals surface area contributed by atoms with Crippen LogP contribution in [0.5, 0.6) is 0 Å². The van der Waals surface area contributed by atoms with Crippen molar-refractivity contribution in [2.24, 2.45) is 5.92 Å². The quantitative estimate of drug-likeness (QED) is 0.293. The maximum absolute atomic E-state index is 12.7. The Morgan fingerprint density at radius 3 is 2.06 bits per heavy atom. The lowest BCUT2D eigenvalue weighted by Crippen LogP contribution is -2.19. The number of benzene rings is 3. The van der Waals surface area contributed by atoms with Gasteiger partial charge in [-0.2, -0.15) is 0 Å². The van der Waals surface area contributed by atoms with Gasteiger partial charge in [0.2, 0.25) is 10.0 Å². The highest BCUT2D eigenvalue weighted by molar-refractivity contribution is 7.92. The number of Topliss-reactive ketones (excluding diaryl/α,β-unsaturated/α-hetero) is 1. The van der Waals surface area contributed by atoms with Crippen LogP contribution < -0.4 is 4.72 Å². The molecule has 3 aromatic carbocycles. The van der Waals surface area contributed by atoms with Gasteiger partial charge < -0.3 is 5.11 Å². The number of carbonyl (C=O) groups excluding carboxylic acids is 1. The summed E-state index contributed by atoms with van der Waals surface area (Å²) in [6, 6.07) is 23.7. The Bertz CT molecular complexity index is 1220. The van der Waals surface area contributed by atoms with E-state index in [0.717, 1.165) is 23.1 Å². The van der Waals surface area contributed by atoms with Gasteiger partial charge in [-0.25, -0.2) is 8.42 Å². The molecule has 1 unspecified atom stereocenters. The first kappa shape index (κ1) is 26.2. The van der Waals surface area contributed by atoms with Crippen molar-refractivity contribution in [1.29, 1.82) is 0 Å². The molecule has 0 spiro atoms. The van der Waals surface area contributed by atoms with Crippen LogP contribution in [-0.2, 0) is 21.2 Å². The molecule has 0 radical (unpaired) electrons. The standard InChI is InChI=1S/C28H31NO5S/c1-2-3-19-35(33,34)29-26-17-15-23(16-18-26)22-11-13-24(14-12-22)27(30)20-25(28(31)32)10-9-21-7-5-4-6-8-21/h4-8,11-18,25,29H,2-3,9-10,19-20H2,1H3,(H,31,32). The third-order valence-corrected chi connectivity index (χ3v) is 7.24. The van der Waals surface area contributed by atoms with E-state index in [2.05, 4.69) is 4.72 Å². The number of hydrogen-bond donors (Lipinski definition) is 2. The van der Waals surface area contributed by atoms with Gasteiger partial charge in [0.15, 0.2) is 5.78 Å². The molecule has 0 saturated heterocycles. The van der Waals surface area contributed by atoms with Crippen molar-refractivity contribution in [2.45, 2.75) is 39.0 Å². The van der Waals surface area contributed by atoms with Crippen molar-refractivity contribution in [1.82, 2.24) is 0 Å². The van der Waals surface area contributed by atoms with E-state index in [4.69, 9.17) is 0 Å². The summed E-state index contributed by atoms with van der Waals surface area (Å²) in [6.45, 7) is 1.94. The molecule has 6 nitrogen and oxygen atoms in total. The molecule has 0 bridgehead atoms. The monoisotopic (exact) mass is 493 g/mol. The van der Waals surface area contributed by atoms with Gasteiger partial charge in [-0.1, -0.05) is 80.1 Å². The van der Waals surface area contributed by atoms with Gasteiger partial charge in [0.05, 0.1) is 11.7 Å². The summed E-state index contributed by atoms with van der Waals surface area (Å²) < 4.78 is 26.7. The van der Waals surface area contributed by atoms with Gasteiger partial charge >= 0.3 is 5.97 Å². The lowest BCUT2D eigenvalue weighted by Gasteiger charge is -2.12. The second-order valence-corrected chi connectivity index (χ2v) is 10.5. The van der Waals surface area contributed by atoms with Crippen LogP contribution in [-0.4, -0.2) is 31.0 Å². The van der Waals surface area contributed by atoms with Gasteiger partial charge in [-0.15, -0.1) is 0 Å². The fourth-order valence-corrected chi connectivity index (χ4v) is 5.05. The minimum atomic E-state index is -3.36. The number of ketones is 1. The summed E-state index contributed by atoms with van der Waals surface area (Å²) in [5, 5.41) is 9.58. The molecule has 0 aromatic heterocycles. The number of carbonyl (C=O) groups is 2. The fraction of sp³-hybridized carbons (Fsp3) is 0.286. The Morgan fingerprint density at radius 1 is 0.886 bits per heavy atom. The molecule has 0 aliphatic carbocycles. The highest BCUT2D eigenvalue weighted by Gasteiger charge is 2.22. The number of carboxylic acids is 1. The second-order valence-electron chi connectivity index (χ2n) is 8.62. The number of nitrogens with one attached hydrogen (secondary N) is 1. The van der Waals surface area contributed by atoms with Crippen LogP contribution in [0.3, 0.4) is 0 Å². The van der Waals surface area contributed by atoms with Gasteiger partial charge in [0.25, 0.3) is 0 Å². The van der Waals surface area contributed by atoms with Crippen molar-refractivity contribution >= 4 is 27.5 Å². The number of anilines is 1. The topological polar surface area (TPSA) is 101 Å². The highest BCUT2D eigenvalue weighted by atomic mass is 32.2. The first-order valence-electron chi connectivity index (χ1n) is 11.8. The van der Waals surface area contributed by atoms with Crippen molar-refractivity contribution in [3.63, 3.8) is 0 Å². The molecule has 35 heavy (non-hydrogen) atoms. The molecule has 0 heterocycles. The Hall–Kier alpha value is -3.45. The summed E-state index contributed by atoms with van der Waals surface area (Å²) >= 11 is 0. The van der Waals surface area contributed by atoms with Crippen LogP contribution in [0.4, 0.5) is 5.69 Å². The molecule has 0 fully saturated rings. The van der Waals surface area contributed by atoms with Gasteiger partial charge in [0, 0.05) is 17.7 Å². The average molecular weight is 494 g/mol. The number of rotatable bonds is 13. The molecule has 184 valence electrons. The normalized spacial score (nSPS) is 12.1. The van der Waals surface area contributed by atoms with Crippen molar-refractivity contribution < 1.29 is 23.1 Å². The van der Waals surface area contributed by atoms with E-state index < -0.39 is 21.9 Å². The van der Waals surface area contributed by atoms with Gasteiger partial charge in [-0.05, 0) is 48.1 Å². The molecular formula is C28H31NO5S. The zero-order valence-electron chi connectivity index (χ0n) is 19.8. The third-order valence-electron chi connectivity index (χ3n) is 5.87. The van der Waals surface area contributed by atoms with Gasteiger partial charge in [-0.3, -0.25) is 14.3 Å². The minimum Gasteiger partial charge on any atom is -0.481 e. The largest absolute Gasteiger partial charge is 0.481 e. The molecule has 2 N–H and O–H groups in total. The maximum Gasteiger partial charge on any atom is 0.306 e. The van der Waals surface area contributed by atoms with Crippen molar-refractivity contribution in [3.05, 3.63) is 90.0 Å². The SMILES string of the molecule is CCCCS(=O)(=O)Nc1ccc(-c2ccc(C(=O)CC(CCc3ccccc3)C(=O)O)cc2)cc1. The van der Waals surface area contributed by atoms with Crippen LogP contribution in [0.2, 0.25) is 0 Å². The number of aryl methyl sites for hydroxylation is 1. The van der Waals surface area contributed by atoms with Crippen LogP contribution in [0.15, 0.2) is 78.9 Å². The fourth-order valence-electron chi connectivity index (χ4n) is 3.78. The number of aliphatic carboxylic acids is 1. The van der Waals surface area contributed by atoms with Gasteiger partial charge in [0.1, 0.15) is 0 Å². The van der Waals surface area contributed by atoms with E-state index >= 15 is 0 Å². The highest BCUT2D eigenvalue weighted by Crippen LogP contribution is 2.24. The number of unbranched alkanes of at least 4 members (excludes halogenated alkanes) is 1. The van der Waals surface area contributed by atoms with E-state index in [0.29, 0.717) is 30.5 Å². The summed E-state index contributed by atoms with van der Waals surface area (Å²) in [5.41, 5.74) is 3.79. The van der Waals surface area contributed by atoms with E-state index in [-0.39, 0.29) is 18.0 Å².